The van der Waals surface area contributed by atoms with Crippen LogP contribution in [0.5, 0.6) is 0 Å². The molecule has 0 amide bonds. The van der Waals surface area contributed by atoms with Gasteiger partial charge in [0.1, 0.15) is 11.9 Å². The van der Waals surface area contributed by atoms with Crippen molar-refractivity contribution in [2.75, 3.05) is 0 Å². The lowest BCUT2D eigenvalue weighted by molar-refractivity contribution is 0.0932. The first-order valence-electron chi connectivity index (χ1n) is 5.02. The molecule has 0 fully saturated rings. The van der Waals surface area contributed by atoms with Crippen molar-refractivity contribution in [2.24, 2.45) is 5.92 Å². The molecule has 15 heavy (non-hydrogen) atoms. The molecule has 0 radical (unpaired) electrons. The predicted molar refractivity (Wildman–Crippen MR) is 65.7 cm³/mol. The summed E-state index contributed by atoms with van der Waals surface area (Å²) >= 11 is 5.68. The molecule has 1 aliphatic heterocycles. The average molecular weight is 225 g/mol. The molecule has 2 atom stereocenters. The predicted octanol–water partition coefficient (Wildman–Crippen LogP) is 4.18. The maximum atomic E-state index is 5.68. The van der Waals surface area contributed by atoms with Crippen LogP contribution in [0.2, 0.25) is 0 Å². The second-order valence-electron chi connectivity index (χ2n) is 3.91. The van der Waals surface area contributed by atoms with Crippen LogP contribution in [-0.2, 0) is 4.74 Å². The second-order valence-corrected chi connectivity index (χ2v) is 4.40. The first kappa shape index (κ1) is 12.1. The maximum Gasteiger partial charge on any atom is 0.119 e. The van der Waals surface area contributed by atoms with Crippen molar-refractivity contribution in [2.45, 2.75) is 26.9 Å². The first-order chi connectivity index (χ1) is 6.93. The van der Waals surface area contributed by atoms with E-state index in [1.54, 1.807) is 6.08 Å². The summed E-state index contributed by atoms with van der Waals surface area (Å²) in [5, 5.41) is 0.509. The van der Waals surface area contributed by atoms with E-state index in [1.807, 2.05) is 6.08 Å². The van der Waals surface area contributed by atoms with Gasteiger partial charge in [0, 0.05) is 16.5 Å². The Kier molecular flexibility index (Phi) is 3.81. The Bertz CT molecular complexity index is 350. The molecule has 0 spiro atoms. The van der Waals surface area contributed by atoms with Crippen LogP contribution < -0.4 is 0 Å². The standard InChI is InChI=1S/C13H17ClO/c1-8(14)6-7-13-10(3)9(2)11(4)15-12(13)5/h6-7,9,11H,1,5H2,2-4H3/b7-6-. The summed E-state index contributed by atoms with van der Waals surface area (Å²) in [5.41, 5.74) is 2.32. The highest BCUT2D eigenvalue weighted by Crippen LogP contribution is 2.32. The fourth-order valence-electron chi connectivity index (χ4n) is 1.61. The normalized spacial score (nSPS) is 27.1. The van der Waals surface area contributed by atoms with Gasteiger partial charge < -0.3 is 4.74 Å². The Balaban J connectivity index is 3.03. The highest BCUT2D eigenvalue weighted by molar-refractivity contribution is 6.30. The lowest BCUT2D eigenvalue weighted by atomic mass is 9.89. The van der Waals surface area contributed by atoms with Crippen LogP contribution in [0.4, 0.5) is 0 Å². The van der Waals surface area contributed by atoms with Gasteiger partial charge in [-0.15, -0.1) is 0 Å². The minimum Gasteiger partial charge on any atom is -0.490 e. The van der Waals surface area contributed by atoms with Gasteiger partial charge in [-0.2, -0.15) is 0 Å². The van der Waals surface area contributed by atoms with Gasteiger partial charge in [-0.1, -0.05) is 37.3 Å². The fraction of sp³-hybridized carbons (Fsp3) is 0.385. The summed E-state index contributed by atoms with van der Waals surface area (Å²) in [7, 11) is 0. The number of allylic oxidation sites excluding steroid dienone is 3. The van der Waals surface area contributed by atoms with Gasteiger partial charge in [-0.05, 0) is 26.0 Å². The number of hydrogen-bond donors (Lipinski definition) is 0. The lowest BCUT2D eigenvalue weighted by Crippen LogP contribution is -2.24. The zero-order chi connectivity index (χ0) is 11.6. The van der Waals surface area contributed by atoms with Crippen LogP contribution in [0, 0.1) is 5.92 Å². The van der Waals surface area contributed by atoms with Gasteiger partial charge in [0.25, 0.3) is 0 Å². The molecular formula is C13H17ClO. The van der Waals surface area contributed by atoms with E-state index in [1.165, 1.54) is 5.57 Å². The molecular weight excluding hydrogens is 208 g/mol. The molecule has 0 N–H and O–H groups in total. The molecule has 0 bridgehead atoms. The Hall–Kier alpha value is -0.950. The van der Waals surface area contributed by atoms with Crippen LogP contribution in [-0.4, -0.2) is 6.10 Å². The van der Waals surface area contributed by atoms with Crippen molar-refractivity contribution in [3.05, 3.63) is 47.2 Å². The molecule has 0 aromatic heterocycles. The van der Waals surface area contributed by atoms with Gasteiger partial charge in [0.15, 0.2) is 0 Å². The topological polar surface area (TPSA) is 9.23 Å². The molecule has 0 saturated carbocycles. The summed E-state index contributed by atoms with van der Waals surface area (Å²) in [5.74, 6) is 1.12. The monoisotopic (exact) mass is 224 g/mol. The highest BCUT2D eigenvalue weighted by Gasteiger charge is 2.24. The molecule has 0 aliphatic carbocycles. The van der Waals surface area contributed by atoms with Crippen LogP contribution in [0.25, 0.3) is 0 Å². The van der Waals surface area contributed by atoms with Crippen LogP contribution >= 0.6 is 11.6 Å². The summed E-state index contributed by atoms with van der Waals surface area (Å²) in [6.45, 7) is 13.8. The van der Waals surface area contributed by atoms with Crippen molar-refractivity contribution in [1.82, 2.24) is 0 Å². The summed E-state index contributed by atoms with van der Waals surface area (Å²) in [6.07, 6.45) is 3.86. The van der Waals surface area contributed by atoms with E-state index < -0.39 is 0 Å². The summed E-state index contributed by atoms with van der Waals surface area (Å²) in [4.78, 5) is 0. The summed E-state index contributed by atoms with van der Waals surface area (Å²) in [6, 6.07) is 0. The van der Waals surface area contributed by atoms with Gasteiger partial charge >= 0.3 is 0 Å². The molecule has 0 aromatic rings. The maximum absolute atomic E-state index is 5.68. The van der Waals surface area contributed by atoms with E-state index in [0.29, 0.717) is 16.7 Å². The number of ether oxygens (including phenoxy) is 1. The second kappa shape index (κ2) is 4.71. The quantitative estimate of drug-likeness (QED) is 0.640. The highest BCUT2D eigenvalue weighted by atomic mass is 35.5. The van der Waals surface area contributed by atoms with Gasteiger partial charge in [-0.25, -0.2) is 0 Å². The van der Waals surface area contributed by atoms with Gasteiger partial charge in [-0.3, -0.25) is 0 Å². The molecule has 2 unspecified atom stereocenters. The van der Waals surface area contributed by atoms with E-state index in [9.17, 15) is 0 Å². The van der Waals surface area contributed by atoms with Gasteiger partial charge in [0.05, 0.1) is 0 Å². The van der Waals surface area contributed by atoms with E-state index in [2.05, 4.69) is 33.9 Å². The van der Waals surface area contributed by atoms with Crippen LogP contribution in [0.3, 0.4) is 0 Å². The number of hydrogen-bond acceptors (Lipinski definition) is 1. The molecule has 1 nitrogen and oxygen atoms in total. The third kappa shape index (κ3) is 2.75. The third-order valence-corrected chi connectivity index (χ3v) is 3.00. The molecule has 0 saturated heterocycles. The molecule has 1 rings (SSSR count). The zero-order valence-corrected chi connectivity index (χ0v) is 10.3. The molecule has 0 aromatic carbocycles. The van der Waals surface area contributed by atoms with Crippen LogP contribution in [0.1, 0.15) is 20.8 Å². The first-order valence-corrected chi connectivity index (χ1v) is 5.40. The van der Waals surface area contributed by atoms with Crippen molar-refractivity contribution >= 4 is 11.6 Å². The zero-order valence-electron chi connectivity index (χ0n) is 9.51. The van der Waals surface area contributed by atoms with Crippen molar-refractivity contribution in [3.63, 3.8) is 0 Å². The number of rotatable bonds is 2. The van der Waals surface area contributed by atoms with Crippen molar-refractivity contribution in [1.29, 1.82) is 0 Å². The SMILES string of the molecule is C=C(Cl)/C=C\C1=C(C)C(C)C(C)OC1=C. The number of halogens is 1. The Labute approximate surface area is 96.8 Å². The van der Waals surface area contributed by atoms with Crippen molar-refractivity contribution in [3.8, 4) is 0 Å². The molecule has 2 heteroatoms. The molecule has 1 aliphatic rings. The van der Waals surface area contributed by atoms with Gasteiger partial charge in [0.2, 0.25) is 0 Å². The van der Waals surface area contributed by atoms with E-state index >= 15 is 0 Å². The van der Waals surface area contributed by atoms with E-state index in [4.69, 9.17) is 16.3 Å². The third-order valence-electron chi connectivity index (χ3n) is 2.87. The fourth-order valence-corrected chi connectivity index (χ4v) is 1.67. The Morgan fingerprint density at radius 3 is 2.60 bits per heavy atom. The van der Waals surface area contributed by atoms with Crippen molar-refractivity contribution < 1.29 is 4.74 Å². The molecule has 1 heterocycles. The van der Waals surface area contributed by atoms with Crippen LogP contribution in [0.15, 0.2) is 47.2 Å². The minimum atomic E-state index is 0.189. The summed E-state index contributed by atoms with van der Waals surface area (Å²) < 4.78 is 5.64. The van der Waals surface area contributed by atoms with E-state index in [0.717, 1.165) is 5.57 Å². The Morgan fingerprint density at radius 2 is 2.07 bits per heavy atom. The van der Waals surface area contributed by atoms with E-state index in [-0.39, 0.29) is 6.10 Å². The smallest absolute Gasteiger partial charge is 0.119 e. The Morgan fingerprint density at radius 1 is 1.47 bits per heavy atom. The largest absolute Gasteiger partial charge is 0.490 e. The minimum absolute atomic E-state index is 0.189. The lowest BCUT2D eigenvalue weighted by Gasteiger charge is -2.31. The molecule has 82 valence electrons. The average Bonchev–Trinajstić information content (AvgIpc) is 2.14.